The Kier molecular flexibility index (Phi) is 3.12. The van der Waals surface area contributed by atoms with Gasteiger partial charge in [-0.3, -0.25) is 4.98 Å². The maximum absolute atomic E-state index is 5.15. The Morgan fingerprint density at radius 2 is 1.38 bits per heavy atom. The van der Waals surface area contributed by atoms with Gasteiger partial charge in [-0.2, -0.15) is 0 Å². The Hall–Kier alpha value is -2.93. The van der Waals surface area contributed by atoms with E-state index in [2.05, 4.69) is 93.6 Å². The fourth-order valence-corrected chi connectivity index (χ4v) is 3.99. The SMILES string of the molecule is CC(C)(C)c1cc(-c2ccccc2)c2c(n1)-c1cccc3cccc-2c13. The Morgan fingerprint density at radius 1 is 0.692 bits per heavy atom. The minimum atomic E-state index is 0.00122. The molecule has 1 heteroatoms. The van der Waals surface area contributed by atoms with Crippen LogP contribution in [0.4, 0.5) is 0 Å². The van der Waals surface area contributed by atoms with Crippen LogP contribution in [-0.2, 0) is 5.41 Å². The molecule has 0 saturated carbocycles. The smallest absolute Gasteiger partial charge is 0.0796 e. The predicted octanol–water partition coefficient (Wildman–Crippen LogP) is 6.85. The van der Waals surface area contributed by atoms with E-state index in [1.165, 1.54) is 38.6 Å². The number of hydrogen-bond acceptors (Lipinski definition) is 1. The van der Waals surface area contributed by atoms with E-state index >= 15 is 0 Å². The van der Waals surface area contributed by atoms with Crippen molar-refractivity contribution in [1.29, 1.82) is 0 Å². The molecule has 0 spiro atoms. The van der Waals surface area contributed by atoms with Crippen LogP contribution in [0.15, 0.2) is 72.8 Å². The molecule has 0 atom stereocenters. The first-order chi connectivity index (χ1) is 12.5. The lowest BCUT2D eigenvalue weighted by Crippen LogP contribution is -2.14. The zero-order valence-corrected chi connectivity index (χ0v) is 15.4. The van der Waals surface area contributed by atoms with Gasteiger partial charge in [0, 0.05) is 22.2 Å². The molecule has 1 aliphatic rings. The Morgan fingerprint density at radius 3 is 2.08 bits per heavy atom. The van der Waals surface area contributed by atoms with Gasteiger partial charge >= 0.3 is 0 Å². The molecule has 4 aromatic rings. The molecule has 0 bridgehead atoms. The predicted molar refractivity (Wildman–Crippen MR) is 110 cm³/mol. The summed E-state index contributed by atoms with van der Waals surface area (Å²) >= 11 is 0. The van der Waals surface area contributed by atoms with Gasteiger partial charge in [-0.25, -0.2) is 0 Å². The van der Waals surface area contributed by atoms with Crippen LogP contribution >= 0.6 is 0 Å². The molecule has 5 rings (SSSR count). The van der Waals surface area contributed by atoms with Gasteiger partial charge in [-0.1, -0.05) is 87.5 Å². The Balaban J connectivity index is 1.94. The third kappa shape index (κ3) is 2.13. The highest BCUT2D eigenvalue weighted by molar-refractivity contribution is 6.17. The molecule has 0 fully saturated rings. The quantitative estimate of drug-likeness (QED) is 0.326. The van der Waals surface area contributed by atoms with Crippen LogP contribution in [-0.4, -0.2) is 4.98 Å². The highest BCUT2D eigenvalue weighted by Gasteiger charge is 2.28. The van der Waals surface area contributed by atoms with Crippen molar-refractivity contribution in [2.75, 3.05) is 0 Å². The van der Waals surface area contributed by atoms with E-state index in [1.54, 1.807) is 0 Å². The summed E-state index contributed by atoms with van der Waals surface area (Å²) in [5.74, 6) is 0. The lowest BCUT2D eigenvalue weighted by molar-refractivity contribution is 0.570. The normalized spacial score (nSPS) is 12.4. The van der Waals surface area contributed by atoms with Crippen LogP contribution in [0, 0.1) is 0 Å². The van der Waals surface area contributed by atoms with E-state index in [-0.39, 0.29) is 5.41 Å². The summed E-state index contributed by atoms with van der Waals surface area (Å²) < 4.78 is 0. The molecule has 1 nitrogen and oxygen atoms in total. The van der Waals surface area contributed by atoms with Gasteiger partial charge in [0.2, 0.25) is 0 Å². The molecule has 1 heterocycles. The summed E-state index contributed by atoms with van der Waals surface area (Å²) in [5, 5.41) is 2.62. The van der Waals surface area contributed by atoms with E-state index < -0.39 is 0 Å². The molecule has 1 aliphatic carbocycles. The van der Waals surface area contributed by atoms with E-state index in [0.717, 1.165) is 11.4 Å². The van der Waals surface area contributed by atoms with Gasteiger partial charge in [-0.15, -0.1) is 0 Å². The topological polar surface area (TPSA) is 12.9 Å². The average Bonchev–Trinajstić information content (AvgIpc) is 2.98. The molecule has 0 amide bonds. The largest absolute Gasteiger partial charge is 0.252 e. The zero-order valence-electron chi connectivity index (χ0n) is 15.4. The second-order valence-corrected chi connectivity index (χ2v) is 8.10. The maximum atomic E-state index is 5.15. The first kappa shape index (κ1) is 15.3. The summed E-state index contributed by atoms with van der Waals surface area (Å²) in [6.07, 6.45) is 0. The molecule has 0 radical (unpaired) electrons. The zero-order chi connectivity index (χ0) is 17.9. The first-order valence-corrected chi connectivity index (χ1v) is 9.17. The third-order valence-electron chi connectivity index (χ3n) is 5.30. The summed E-state index contributed by atoms with van der Waals surface area (Å²) in [5.41, 5.74) is 8.64. The van der Waals surface area contributed by atoms with Gasteiger partial charge < -0.3 is 0 Å². The van der Waals surface area contributed by atoms with Crippen LogP contribution in [0.5, 0.6) is 0 Å². The number of fused-ring (bicyclic) bond motifs is 3. The van der Waals surface area contributed by atoms with Crippen molar-refractivity contribution in [2.24, 2.45) is 0 Å². The summed E-state index contributed by atoms with van der Waals surface area (Å²) in [7, 11) is 0. The lowest BCUT2D eigenvalue weighted by Gasteiger charge is -2.21. The van der Waals surface area contributed by atoms with Gasteiger partial charge in [0.05, 0.1) is 5.69 Å². The van der Waals surface area contributed by atoms with Crippen molar-refractivity contribution in [3.05, 3.63) is 78.5 Å². The summed E-state index contributed by atoms with van der Waals surface area (Å²) in [6, 6.07) is 26.1. The monoisotopic (exact) mass is 335 g/mol. The second-order valence-electron chi connectivity index (χ2n) is 8.10. The molecule has 0 aliphatic heterocycles. The molecular weight excluding hydrogens is 314 g/mol. The summed E-state index contributed by atoms with van der Waals surface area (Å²) in [4.78, 5) is 5.15. The van der Waals surface area contributed by atoms with Crippen molar-refractivity contribution in [2.45, 2.75) is 26.2 Å². The van der Waals surface area contributed by atoms with Gasteiger partial charge in [-0.05, 0) is 33.5 Å². The lowest BCUT2D eigenvalue weighted by atomic mass is 9.87. The van der Waals surface area contributed by atoms with Gasteiger partial charge in [0.15, 0.2) is 0 Å². The number of aromatic nitrogens is 1. The number of hydrogen-bond donors (Lipinski definition) is 0. The summed E-state index contributed by atoms with van der Waals surface area (Å²) in [6.45, 7) is 6.71. The number of benzene rings is 3. The van der Waals surface area contributed by atoms with E-state index in [9.17, 15) is 0 Å². The van der Waals surface area contributed by atoms with Crippen molar-refractivity contribution in [1.82, 2.24) is 4.98 Å². The van der Waals surface area contributed by atoms with Crippen LogP contribution in [0.25, 0.3) is 44.3 Å². The number of nitrogens with zero attached hydrogens (tertiary/aromatic N) is 1. The maximum Gasteiger partial charge on any atom is 0.0796 e. The van der Waals surface area contributed by atoms with E-state index in [1.807, 2.05) is 0 Å². The van der Waals surface area contributed by atoms with Gasteiger partial charge in [0.1, 0.15) is 0 Å². The van der Waals surface area contributed by atoms with E-state index in [4.69, 9.17) is 4.98 Å². The van der Waals surface area contributed by atoms with Crippen LogP contribution in [0.3, 0.4) is 0 Å². The molecule has 0 saturated heterocycles. The van der Waals surface area contributed by atoms with E-state index in [0.29, 0.717) is 0 Å². The minimum absolute atomic E-state index is 0.00122. The second kappa shape index (κ2) is 5.28. The highest BCUT2D eigenvalue weighted by atomic mass is 14.7. The Bertz CT molecular complexity index is 1140. The first-order valence-electron chi connectivity index (χ1n) is 9.17. The van der Waals surface area contributed by atoms with Crippen molar-refractivity contribution >= 4 is 10.8 Å². The standard InChI is InChI=1S/C25H21N/c1-25(2,3)21-15-20(16-9-5-4-6-10-16)23-18-13-7-11-17-12-8-14-19(22(17)18)24(23)26-21/h4-15H,1-3H3. The Labute approximate surface area is 154 Å². The molecule has 0 N–H and O–H groups in total. The molecule has 1 aromatic heterocycles. The molecule has 3 aromatic carbocycles. The average molecular weight is 335 g/mol. The van der Waals surface area contributed by atoms with Crippen molar-refractivity contribution < 1.29 is 0 Å². The van der Waals surface area contributed by atoms with Crippen LogP contribution < -0.4 is 0 Å². The van der Waals surface area contributed by atoms with Crippen LogP contribution in [0.1, 0.15) is 26.5 Å². The molecule has 0 unspecified atom stereocenters. The molecular formula is C25H21N. The van der Waals surface area contributed by atoms with Gasteiger partial charge in [0.25, 0.3) is 0 Å². The highest BCUT2D eigenvalue weighted by Crippen LogP contribution is 2.50. The van der Waals surface area contributed by atoms with Crippen molar-refractivity contribution in [3.8, 4) is 33.5 Å². The fraction of sp³-hybridized carbons (Fsp3) is 0.160. The van der Waals surface area contributed by atoms with Crippen LogP contribution in [0.2, 0.25) is 0 Å². The number of pyridine rings is 1. The molecule has 26 heavy (non-hydrogen) atoms. The third-order valence-corrected chi connectivity index (χ3v) is 5.30. The fourth-order valence-electron chi connectivity index (χ4n) is 3.99. The number of rotatable bonds is 1. The minimum Gasteiger partial charge on any atom is -0.252 e. The van der Waals surface area contributed by atoms with Crippen molar-refractivity contribution in [3.63, 3.8) is 0 Å². The molecule has 126 valence electrons.